The first-order valence-corrected chi connectivity index (χ1v) is 5.18. The Hall–Kier alpha value is -2.43. The lowest BCUT2D eigenvalue weighted by Crippen LogP contribution is -2.28. The van der Waals surface area contributed by atoms with Crippen molar-refractivity contribution in [1.82, 2.24) is 4.98 Å². The molecule has 0 fully saturated rings. The van der Waals surface area contributed by atoms with E-state index in [1.165, 1.54) is 0 Å². The first kappa shape index (κ1) is 11.1. The first-order chi connectivity index (χ1) is 8.24. The van der Waals surface area contributed by atoms with Crippen molar-refractivity contribution in [3.8, 4) is 0 Å². The summed E-state index contributed by atoms with van der Waals surface area (Å²) in [6.45, 7) is 0. The summed E-state index contributed by atoms with van der Waals surface area (Å²) < 4.78 is 1.86. The molecule has 5 heteroatoms. The van der Waals surface area contributed by atoms with Crippen molar-refractivity contribution in [3.05, 3.63) is 48.9 Å². The van der Waals surface area contributed by atoms with E-state index in [0.29, 0.717) is 5.82 Å². The van der Waals surface area contributed by atoms with Crippen LogP contribution in [-0.4, -0.2) is 11.0 Å². The Morgan fingerprint density at radius 2 is 2.12 bits per heavy atom. The van der Waals surface area contributed by atoms with E-state index < -0.39 is 0 Å². The number of nitrogens with zero attached hydrogens (tertiary/aromatic N) is 2. The van der Waals surface area contributed by atoms with Crippen LogP contribution in [0.15, 0.2) is 48.9 Å². The summed E-state index contributed by atoms with van der Waals surface area (Å²) in [6, 6.07) is 8.69. The lowest BCUT2D eigenvalue weighted by atomic mass is 10.4. The van der Waals surface area contributed by atoms with E-state index in [1.54, 1.807) is 18.3 Å². The fourth-order valence-electron chi connectivity index (χ4n) is 1.38. The number of nitrogens with one attached hydrogen (secondary N) is 2. The van der Waals surface area contributed by atoms with Crippen LogP contribution < -0.4 is 15.2 Å². The van der Waals surface area contributed by atoms with E-state index in [9.17, 15) is 4.79 Å². The molecule has 0 unspecified atom stereocenters. The Balaban J connectivity index is 1.98. The molecule has 2 aromatic heterocycles. The molecular weight excluding hydrogens is 216 g/mol. The van der Waals surface area contributed by atoms with Crippen LogP contribution in [0, 0.1) is 0 Å². The number of rotatable bonds is 2. The predicted octanol–water partition coefficient (Wildman–Crippen LogP) is 1.55. The van der Waals surface area contributed by atoms with E-state index in [1.807, 2.05) is 42.2 Å². The van der Waals surface area contributed by atoms with Gasteiger partial charge in [0, 0.05) is 12.3 Å². The van der Waals surface area contributed by atoms with Gasteiger partial charge in [-0.05, 0) is 18.2 Å². The third-order valence-electron chi connectivity index (χ3n) is 2.10. The van der Waals surface area contributed by atoms with Crippen LogP contribution >= 0.6 is 0 Å². The zero-order valence-corrected chi connectivity index (χ0v) is 9.42. The minimum absolute atomic E-state index is 0.310. The second-order valence-corrected chi connectivity index (χ2v) is 3.55. The van der Waals surface area contributed by atoms with E-state index in [-0.39, 0.29) is 6.03 Å². The molecule has 17 heavy (non-hydrogen) atoms. The maximum absolute atomic E-state index is 11.6. The molecule has 0 aliphatic carbocycles. The maximum atomic E-state index is 11.6. The molecule has 0 atom stereocenters. The number of pyridine rings is 2. The highest BCUT2D eigenvalue weighted by Gasteiger charge is 2.04. The number of hydrogen-bond acceptors (Lipinski definition) is 2. The third-order valence-corrected chi connectivity index (χ3v) is 2.10. The van der Waals surface area contributed by atoms with Crippen molar-refractivity contribution in [1.29, 1.82) is 0 Å². The van der Waals surface area contributed by atoms with Crippen molar-refractivity contribution >= 4 is 17.5 Å². The molecule has 2 heterocycles. The van der Waals surface area contributed by atoms with Crippen LogP contribution in [0.1, 0.15) is 0 Å². The fraction of sp³-hybridized carbons (Fsp3) is 0.0833. The molecular formula is C12H13N4O+. The highest BCUT2D eigenvalue weighted by Crippen LogP contribution is 2.04. The molecule has 0 aromatic carbocycles. The minimum atomic E-state index is -0.310. The quantitative estimate of drug-likeness (QED) is 0.768. The van der Waals surface area contributed by atoms with Gasteiger partial charge in [-0.15, -0.1) is 0 Å². The number of aromatic nitrogens is 2. The summed E-state index contributed by atoms with van der Waals surface area (Å²) in [5, 5.41) is 5.36. The van der Waals surface area contributed by atoms with Gasteiger partial charge in [0.2, 0.25) is 0 Å². The van der Waals surface area contributed by atoms with Gasteiger partial charge in [-0.2, -0.15) is 0 Å². The van der Waals surface area contributed by atoms with Gasteiger partial charge in [0.05, 0.1) is 0 Å². The summed E-state index contributed by atoms with van der Waals surface area (Å²) in [5.41, 5.74) is 0.725. The Bertz CT molecular complexity index is 513. The van der Waals surface area contributed by atoms with Crippen molar-refractivity contribution < 1.29 is 9.36 Å². The molecule has 2 N–H and O–H groups in total. The van der Waals surface area contributed by atoms with Crippen LogP contribution in [0.4, 0.5) is 16.3 Å². The molecule has 0 bridgehead atoms. The average Bonchev–Trinajstić information content (AvgIpc) is 2.30. The largest absolute Gasteiger partial charge is 0.325 e. The summed E-state index contributed by atoms with van der Waals surface area (Å²) in [6.07, 6.45) is 5.33. The first-order valence-electron chi connectivity index (χ1n) is 5.18. The number of urea groups is 1. The highest BCUT2D eigenvalue weighted by atomic mass is 16.2. The van der Waals surface area contributed by atoms with Gasteiger partial charge in [-0.1, -0.05) is 6.07 Å². The third kappa shape index (κ3) is 3.27. The predicted molar refractivity (Wildman–Crippen MR) is 64.5 cm³/mol. The molecule has 0 aliphatic heterocycles. The molecule has 5 nitrogen and oxygen atoms in total. The van der Waals surface area contributed by atoms with Gasteiger partial charge in [0.15, 0.2) is 12.4 Å². The number of hydrogen-bond donors (Lipinski definition) is 2. The van der Waals surface area contributed by atoms with Crippen molar-refractivity contribution in [2.24, 2.45) is 7.05 Å². The number of anilines is 2. The Morgan fingerprint density at radius 1 is 1.24 bits per heavy atom. The number of aryl methyl sites for hydroxylation is 1. The average molecular weight is 229 g/mol. The molecule has 0 saturated heterocycles. The lowest BCUT2D eigenvalue weighted by Gasteiger charge is -2.05. The molecule has 0 aliphatic rings. The lowest BCUT2D eigenvalue weighted by molar-refractivity contribution is -0.670. The van der Waals surface area contributed by atoms with Gasteiger partial charge in [-0.3, -0.25) is 5.32 Å². The Morgan fingerprint density at radius 3 is 2.82 bits per heavy atom. The normalized spacial score (nSPS) is 9.71. The van der Waals surface area contributed by atoms with Crippen LogP contribution in [0.3, 0.4) is 0 Å². The van der Waals surface area contributed by atoms with Crippen LogP contribution in [0.2, 0.25) is 0 Å². The second-order valence-electron chi connectivity index (χ2n) is 3.55. The summed E-state index contributed by atoms with van der Waals surface area (Å²) in [7, 11) is 1.89. The van der Waals surface area contributed by atoms with Crippen LogP contribution in [0.25, 0.3) is 0 Å². The van der Waals surface area contributed by atoms with Gasteiger partial charge in [-0.25, -0.2) is 14.3 Å². The number of carbonyl (C=O) groups is 1. The molecule has 2 amide bonds. The molecule has 0 spiro atoms. The van der Waals surface area contributed by atoms with Gasteiger partial charge < -0.3 is 5.32 Å². The van der Waals surface area contributed by atoms with E-state index >= 15 is 0 Å². The minimum Gasteiger partial charge on any atom is -0.302 e. The highest BCUT2D eigenvalue weighted by molar-refractivity contribution is 5.98. The zero-order valence-electron chi connectivity index (χ0n) is 9.42. The molecule has 0 radical (unpaired) electrons. The molecule has 86 valence electrons. The maximum Gasteiger partial charge on any atom is 0.325 e. The van der Waals surface area contributed by atoms with E-state index in [4.69, 9.17) is 0 Å². The van der Waals surface area contributed by atoms with Gasteiger partial charge >= 0.3 is 6.03 Å². The second kappa shape index (κ2) is 5.07. The Kier molecular flexibility index (Phi) is 3.30. The molecule has 2 aromatic rings. The van der Waals surface area contributed by atoms with Crippen molar-refractivity contribution in [3.63, 3.8) is 0 Å². The topological polar surface area (TPSA) is 57.9 Å². The van der Waals surface area contributed by atoms with E-state index in [0.717, 1.165) is 5.69 Å². The Labute approximate surface area is 99.1 Å². The van der Waals surface area contributed by atoms with Gasteiger partial charge in [0.25, 0.3) is 0 Å². The standard InChI is InChI=1S/C12H12N4O/c1-16-8-4-5-10(9-16)14-12(17)15-11-6-2-3-7-13-11/h2-9H,1H3,(H-,13,14,15,17)/p+1. The number of carbonyl (C=O) groups excluding carboxylic acids is 1. The fourth-order valence-corrected chi connectivity index (χ4v) is 1.38. The smallest absolute Gasteiger partial charge is 0.302 e. The van der Waals surface area contributed by atoms with E-state index in [2.05, 4.69) is 15.6 Å². The molecule has 2 rings (SSSR count). The summed E-state index contributed by atoms with van der Waals surface area (Å²) in [4.78, 5) is 15.6. The summed E-state index contributed by atoms with van der Waals surface area (Å²) >= 11 is 0. The van der Waals surface area contributed by atoms with Gasteiger partial charge in [0.1, 0.15) is 18.6 Å². The van der Waals surface area contributed by atoms with Crippen molar-refractivity contribution in [2.75, 3.05) is 10.6 Å². The van der Waals surface area contributed by atoms with Crippen LogP contribution in [-0.2, 0) is 7.05 Å². The zero-order chi connectivity index (χ0) is 12.1. The monoisotopic (exact) mass is 229 g/mol. The van der Waals surface area contributed by atoms with Crippen LogP contribution in [0.5, 0.6) is 0 Å². The number of amides is 2. The van der Waals surface area contributed by atoms with Crippen molar-refractivity contribution in [2.45, 2.75) is 0 Å². The molecule has 0 saturated carbocycles. The SMILES string of the molecule is C[n+]1cccc(NC(=O)Nc2ccccn2)c1. The summed E-state index contributed by atoms with van der Waals surface area (Å²) in [5.74, 6) is 0.519.